The molecule has 1 aliphatic heterocycles. The Morgan fingerprint density at radius 1 is 1.27 bits per heavy atom. The lowest BCUT2D eigenvalue weighted by molar-refractivity contribution is -0.126. The topological polar surface area (TPSA) is 75.7 Å². The van der Waals surface area contributed by atoms with Crippen molar-refractivity contribution in [3.63, 3.8) is 0 Å². The number of benzene rings is 2. The number of halogens is 2. The van der Waals surface area contributed by atoms with Crippen LogP contribution in [0.3, 0.4) is 0 Å². The van der Waals surface area contributed by atoms with Crippen molar-refractivity contribution < 1.29 is 17.9 Å². The third kappa shape index (κ3) is 3.54. The SMILES string of the molecule is CCC1Oc2c(cc(Br)cc2S(=O)(=O)Nc2ccc(Cl)cc2)N(C)C1=O. The molecule has 2 aromatic rings. The van der Waals surface area contributed by atoms with Crippen LogP contribution in [0.25, 0.3) is 0 Å². The molecule has 26 heavy (non-hydrogen) atoms. The molecular weight excluding hydrogens is 444 g/mol. The average molecular weight is 460 g/mol. The van der Waals surface area contributed by atoms with Gasteiger partial charge in [-0.05, 0) is 42.8 Å². The second-order valence-electron chi connectivity index (χ2n) is 5.78. The van der Waals surface area contributed by atoms with Crippen molar-refractivity contribution in [1.29, 1.82) is 0 Å². The maximum atomic E-state index is 12.9. The molecule has 0 saturated carbocycles. The number of carbonyl (C=O) groups excluding carboxylic acids is 1. The molecule has 0 aromatic heterocycles. The fraction of sp³-hybridized carbons (Fsp3) is 0.235. The number of nitrogens with zero attached hydrogens (tertiary/aromatic N) is 1. The summed E-state index contributed by atoms with van der Waals surface area (Å²) in [5, 5.41) is 0.502. The van der Waals surface area contributed by atoms with Gasteiger partial charge in [0.05, 0.1) is 5.69 Å². The van der Waals surface area contributed by atoms with E-state index in [1.165, 1.54) is 11.0 Å². The number of hydrogen-bond donors (Lipinski definition) is 1. The normalized spacial score (nSPS) is 16.8. The van der Waals surface area contributed by atoms with Crippen molar-refractivity contribution in [3.8, 4) is 5.75 Å². The second kappa shape index (κ2) is 7.09. The maximum Gasteiger partial charge on any atom is 0.267 e. The number of anilines is 2. The fourth-order valence-corrected chi connectivity index (χ4v) is 4.59. The average Bonchev–Trinajstić information content (AvgIpc) is 2.59. The molecule has 1 heterocycles. The smallest absolute Gasteiger partial charge is 0.267 e. The second-order valence-corrected chi connectivity index (χ2v) is 8.78. The van der Waals surface area contributed by atoms with Crippen LogP contribution in [0, 0.1) is 0 Å². The minimum atomic E-state index is -3.95. The molecule has 0 fully saturated rings. The Balaban J connectivity index is 2.09. The molecule has 138 valence electrons. The zero-order valence-corrected chi connectivity index (χ0v) is 17.2. The summed E-state index contributed by atoms with van der Waals surface area (Å²) in [5.74, 6) is -0.0595. The van der Waals surface area contributed by atoms with Gasteiger partial charge < -0.3 is 9.64 Å². The molecule has 1 amide bonds. The number of nitrogens with one attached hydrogen (secondary N) is 1. The molecule has 1 N–H and O–H groups in total. The van der Waals surface area contributed by atoms with Crippen molar-refractivity contribution in [2.24, 2.45) is 0 Å². The lowest BCUT2D eigenvalue weighted by Gasteiger charge is -2.32. The summed E-state index contributed by atoms with van der Waals surface area (Å²) in [7, 11) is -2.35. The molecule has 1 atom stereocenters. The number of carbonyl (C=O) groups is 1. The molecular formula is C17H16BrClN2O4S. The van der Waals surface area contributed by atoms with Crippen LogP contribution in [-0.4, -0.2) is 27.5 Å². The van der Waals surface area contributed by atoms with Crippen molar-refractivity contribution >= 4 is 54.8 Å². The number of likely N-dealkylation sites (N-methyl/N-ethyl adjacent to an activating group) is 1. The van der Waals surface area contributed by atoms with E-state index in [1.54, 1.807) is 44.3 Å². The minimum absolute atomic E-state index is 0.0466. The van der Waals surface area contributed by atoms with E-state index in [2.05, 4.69) is 20.7 Å². The molecule has 0 radical (unpaired) electrons. The van der Waals surface area contributed by atoms with Crippen molar-refractivity contribution in [3.05, 3.63) is 45.9 Å². The van der Waals surface area contributed by atoms with Gasteiger partial charge >= 0.3 is 0 Å². The Morgan fingerprint density at radius 3 is 2.54 bits per heavy atom. The number of amides is 1. The number of hydrogen-bond acceptors (Lipinski definition) is 4. The van der Waals surface area contributed by atoms with Gasteiger partial charge in [0.15, 0.2) is 11.9 Å². The molecule has 0 spiro atoms. The minimum Gasteiger partial charge on any atom is -0.477 e. The van der Waals surface area contributed by atoms with Gasteiger partial charge in [-0.1, -0.05) is 34.5 Å². The highest BCUT2D eigenvalue weighted by Crippen LogP contribution is 2.42. The fourth-order valence-electron chi connectivity index (χ4n) is 2.64. The van der Waals surface area contributed by atoms with E-state index < -0.39 is 16.1 Å². The summed E-state index contributed by atoms with van der Waals surface area (Å²) < 4.78 is 34.7. The maximum absolute atomic E-state index is 12.9. The summed E-state index contributed by atoms with van der Waals surface area (Å²) in [6, 6.07) is 9.41. The van der Waals surface area contributed by atoms with E-state index in [1.807, 2.05) is 0 Å². The van der Waals surface area contributed by atoms with Gasteiger partial charge in [0, 0.05) is 22.2 Å². The highest BCUT2D eigenvalue weighted by Gasteiger charge is 2.35. The first kappa shape index (κ1) is 19.0. The number of rotatable bonds is 4. The Bertz CT molecular complexity index is 963. The zero-order valence-electron chi connectivity index (χ0n) is 14.0. The number of ether oxygens (including phenoxy) is 1. The van der Waals surface area contributed by atoms with Gasteiger partial charge in [0.1, 0.15) is 4.90 Å². The largest absolute Gasteiger partial charge is 0.477 e. The number of sulfonamides is 1. The van der Waals surface area contributed by atoms with Crippen LogP contribution in [0.4, 0.5) is 11.4 Å². The van der Waals surface area contributed by atoms with Crippen molar-refractivity contribution in [1.82, 2.24) is 0 Å². The standard InChI is InChI=1S/C17H16BrClN2O4S/c1-3-14-17(22)21(2)13-8-10(18)9-15(16(13)25-14)26(23,24)20-12-6-4-11(19)5-7-12/h4-9,14,20H,3H2,1-2H3. The van der Waals surface area contributed by atoms with Crippen LogP contribution < -0.4 is 14.4 Å². The summed E-state index contributed by atoms with van der Waals surface area (Å²) in [5.41, 5.74) is 0.765. The van der Waals surface area contributed by atoms with Gasteiger partial charge in [-0.25, -0.2) is 8.42 Å². The monoisotopic (exact) mass is 458 g/mol. The van der Waals surface area contributed by atoms with E-state index in [-0.39, 0.29) is 16.6 Å². The summed E-state index contributed by atoms with van der Waals surface area (Å²) in [6.45, 7) is 1.81. The van der Waals surface area contributed by atoms with Gasteiger partial charge in [-0.15, -0.1) is 0 Å². The van der Waals surface area contributed by atoms with E-state index >= 15 is 0 Å². The Kier molecular flexibility index (Phi) is 5.18. The first-order valence-electron chi connectivity index (χ1n) is 7.79. The molecule has 6 nitrogen and oxygen atoms in total. The Labute approximate surface area is 165 Å². The van der Waals surface area contributed by atoms with E-state index in [9.17, 15) is 13.2 Å². The summed E-state index contributed by atoms with van der Waals surface area (Å²) >= 11 is 9.14. The molecule has 3 rings (SSSR count). The first-order chi connectivity index (χ1) is 12.2. The lowest BCUT2D eigenvalue weighted by Crippen LogP contribution is -2.43. The third-order valence-corrected chi connectivity index (χ3v) is 6.08. The van der Waals surface area contributed by atoms with Gasteiger partial charge in [-0.3, -0.25) is 9.52 Å². The van der Waals surface area contributed by atoms with E-state index in [0.29, 0.717) is 27.3 Å². The van der Waals surface area contributed by atoms with Crippen LogP contribution in [0.15, 0.2) is 45.8 Å². The molecule has 0 bridgehead atoms. The zero-order chi connectivity index (χ0) is 19.1. The molecule has 1 unspecified atom stereocenters. The highest BCUT2D eigenvalue weighted by atomic mass is 79.9. The number of fused-ring (bicyclic) bond motifs is 1. The molecule has 9 heteroatoms. The van der Waals surface area contributed by atoms with Crippen molar-refractivity contribution in [2.75, 3.05) is 16.7 Å². The van der Waals surface area contributed by atoms with E-state index in [4.69, 9.17) is 16.3 Å². The van der Waals surface area contributed by atoms with Crippen LogP contribution in [0.1, 0.15) is 13.3 Å². The van der Waals surface area contributed by atoms with Crippen LogP contribution in [-0.2, 0) is 14.8 Å². The third-order valence-electron chi connectivity index (χ3n) is 3.98. The van der Waals surface area contributed by atoms with E-state index in [0.717, 1.165) is 0 Å². The van der Waals surface area contributed by atoms with Crippen molar-refractivity contribution in [2.45, 2.75) is 24.3 Å². The Morgan fingerprint density at radius 2 is 1.92 bits per heavy atom. The molecule has 0 saturated heterocycles. The lowest BCUT2D eigenvalue weighted by atomic mass is 10.1. The molecule has 2 aromatic carbocycles. The molecule has 0 aliphatic carbocycles. The van der Waals surface area contributed by atoms with Crippen LogP contribution in [0.5, 0.6) is 5.75 Å². The summed E-state index contributed by atoms with van der Waals surface area (Å²) in [4.78, 5) is 13.7. The highest BCUT2D eigenvalue weighted by molar-refractivity contribution is 9.10. The quantitative estimate of drug-likeness (QED) is 0.749. The van der Waals surface area contributed by atoms with Crippen LogP contribution in [0.2, 0.25) is 5.02 Å². The van der Waals surface area contributed by atoms with Gasteiger partial charge in [-0.2, -0.15) is 0 Å². The Hall–Kier alpha value is -1.77. The summed E-state index contributed by atoms with van der Waals surface area (Å²) in [6.07, 6.45) is -0.291. The van der Waals surface area contributed by atoms with Crippen LogP contribution >= 0.6 is 27.5 Å². The van der Waals surface area contributed by atoms with Gasteiger partial charge in [0.2, 0.25) is 0 Å². The predicted molar refractivity (Wildman–Crippen MR) is 105 cm³/mol. The first-order valence-corrected chi connectivity index (χ1v) is 10.4. The predicted octanol–water partition coefficient (Wildman–Crippen LogP) is 4.04. The van der Waals surface area contributed by atoms with Gasteiger partial charge in [0.25, 0.3) is 15.9 Å². The molecule has 1 aliphatic rings.